The van der Waals surface area contributed by atoms with Crippen LogP contribution in [0, 0.1) is 0 Å². The van der Waals surface area contributed by atoms with Crippen LogP contribution in [0.25, 0.3) is 0 Å². The molecule has 0 unspecified atom stereocenters. The molecular formula is C8H9Cl2N3. The predicted octanol–water partition coefficient (Wildman–Crippen LogP) is 2.77. The van der Waals surface area contributed by atoms with Crippen molar-refractivity contribution in [2.24, 2.45) is 0 Å². The third kappa shape index (κ3) is 3.20. The third-order valence-corrected chi connectivity index (χ3v) is 1.73. The maximum atomic E-state index is 5.80. The van der Waals surface area contributed by atoms with Gasteiger partial charge in [0.2, 0.25) is 5.28 Å². The summed E-state index contributed by atoms with van der Waals surface area (Å²) < 4.78 is 0. The van der Waals surface area contributed by atoms with Gasteiger partial charge in [-0.05, 0) is 18.5 Å². The van der Waals surface area contributed by atoms with Crippen LogP contribution in [0.15, 0.2) is 18.3 Å². The Bertz CT molecular complexity index is 325. The second-order valence-corrected chi connectivity index (χ2v) is 3.39. The number of aromatic nitrogens is 2. The van der Waals surface area contributed by atoms with Crippen LogP contribution in [0.2, 0.25) is 10.3 Å². The third-order valence-electron chi connectivity index (χ3n) is 1.27. The Hall–Kier alpha value is -0.800. The zero-order valence-electron chi connectivity index (χ0n) is 7.14. The van der Waals surface area contributed by atoms with Gasteiger partial charge in [-0.25, -0.2) is 4.98 Å². The van der Waals surface area contributed by atoms with E-state index in [1.807, 2.05) is 6.92 Å². The molecule has 0 saturated heterocycles. The maximum Gasteiger partial charge on any atom is 0.224 e. The molecule has 1 N–H and O–H groups in total. The predicted molar refractivity (Wildman–Crippen MR) is 55.4 cm³/mol. The minimum Gasteiger partial charge on any atom is -0.365 e. The fourth-order valence-electron chi connectivity index (χ4n) is 0.704. The lowest BCUT2D eigenvalue weighted by Crippen LogP contribution is -2.04. The zero-order chi connectivity index (χ0) is 9.84. The number of hydrogen-bond donors (Lipinski definition) is 1. The molecule has 0 amide bonds. The molecule has 0 bridgehead atoms. The van der Waals surface area contributed by atoms with E-state index >= 15 is 0 Å². The van der Waals surface area contributed by atoms with E-state index in [2.05, 4.69) is 21.9 Å². The molecule has 1 heterocycles. The van der Waals surface area contributed by atoms with Gasteiger partial charge in [0.15, 0.2) is 0 Å². The van der Waals surface area contributed by atoms with Gasteiger partial charge >= 0.3 is 0 Å². The zero-order valence-corrected chi connectivity index (χ0v) is 8.65. The summed E-state index contributed by atoms with van der Waals surface area (Å²) in [6.45, 7) is 6.26. The molecule has 0 spiro atoms. The van der Waals surface area contributed by atoms with Gasteiger partial charge in [-0.15, -0.1) is 0 Å². The molecule has 0 aliphatic rings. The largest absolute Gasteiger partial charge is 0.365 e. The van der Waals surface area contributed by atoms with Crippen LogP contribution >= 0.6 is 23.2 Å². The second kappa shape index (κ2) is 4.44. The summed E-state index contributed by atoms with van der Waals surface area (Å²) in [5.41, 5.74) is 0.991. The summed E-state index contributed by atoms with van der Waals surface area (Å²) in [4.78, 5) is 7.64. The second-order valence-electron chi connectivity index (χ2n) is 2.65. The lowest BCUT2D eigenvalue weighted by molar-refractivity contribution is 1.12. The molecule has 0 atom stereocenters. The number of anilines is 1. The SMILES string of the molecule is C=C(C)CNc1nc(Cl)ncc1Cl. The summed E-state index contributed by atoms with van der Waals surface area (Å²) in [6, 6.07) is 0. The van der Waals surface area contributed by atoms with Gasteiger partial charge in [0, 0.05) is 6.54 Å². The van der Waals surface area contributed by atoms with E-state index in [0.717, 1.165) is 5.57 Å². The van der Waals surface area contributed by atoms with Crippen molar-refractivity contribution in [3.8, 4) is 0 Å². The van der Waals surface area contributed by atoms with Gasteiger partial charge in [0.25, 0.3) is 0 Å². The van der Waals surface area contributed by atoms with E-state index in [0.29, 0.717) is 17.4 Å². The first-order valence-electron chi connectivity index (χ1n) is 3.66. The Labute approximate surface area is 86.8 Å². The highest BCUT2D eigenvalue weighted by Gasteiger charge is 2.02. The molecule has 0 aliphatic heterocycles. The molecule has 3 nitrogen and oxygen atoms in total. The molecule has 0 aromatic carbocycles. The van der Waals surface area contributed by atoms with Crippen molar-refractivity contribution in [3.63, 3.8) is 0 Å². The minimum absolute atomic E-state index is 0.175. The van der Waals surface area contributed by atoms with Gasteiger partial charge < -0.3 is 5.32 Å². The molecule has 1 aromatic heterocycles. The maximum absolute atomic E-state index is 5.80. The van der Waals surface area contributed by atoms with Crippen molar-refractivity contribution in [2.75, 3.05) is 11.9 Å². The minimum atomic E-state index is 0.175. The smallest absolute Gasteiger partial charge is 0.224 e. The molecule has 0 aliphatic carbocycles. The fourth-order valence-corrected chi connectivity index (χ4v) is 0.995. The Morgan fingerprint density at radius 2 is 2.31 bits per heavy atom. The van der Waals surface area contributed by atoms with Crippen LogP contribution in [-0.4, -0.2) is 16.5 Å². The van der Waals surface area contributed by atoms with Gasteiger partial charge in [-0.1, -0.05) is 23.8 Å². The molecule has 5 heteroatoms. The highest BCUT2D eigenvalue weighted by molar-refractivity contribution is 6.33. The normalized spacial score (nSPS) is 9.77. The Balaban J connectivity index is 2.75. The Morgan fingerprint density at radius 3 is 2.92 bits per heavy atom. The van der Waals surface area contributed by atoms with Crippen LogP contribution in [0.5, 0.6) is 0 Å². The lowest BCUT2D eigenvalue weighted by atomic mass is 10.3. The molecule has 70 valence electrons. The van der Waals surface area contributed by atoms with Crippen LogP contribution < -0.4 is 5.32 Å². The summed E-state index contributed by atoms with van der Waals surface area (Å²) in [5, 5.41) is 3.61. The summed E-state index contributed by atoms with van der Waals surface area (Å²) in [6.07, 6.45) is 1.46. The quantitative estimate of drug-likeness (QED) is 0.626. The van der Waals surface area contributed by atoms with Crippen molar-refractivity contribution in [2.45, 2.75) is 6.92 Å². The number of halogens is 2. The monoisotopic (exact) mass is 217 g/mol. The van der Waals surface area contributed by atoms with Crippen LogP contribution in [0.4, 0.5) is 5.82 Å². The van der Waals surface area contributed by atoms with E-state index < -0.39 is 0 Å². The number of nitrogens with one attached hydrogen (secondary N) is 1. The summed E-state index contributed by atoms with van der Waals surface area (Å²) in [5.74, 6) is 0.532. The van der Waals surface area contributed by atoms with Crippen molar-refractivity contribution < 1.29 is 0 Å². The summed E-state index contributed by atoms with van der Waals surface area (Å²) in [7, 11) is 0. The van der Waals surface area contributed by atoms with E-state index in [-0.39, 0.29) is 5.28 Å². The van der Waals surface area contributed by atoms with Gasteiger partial charge in [-0.2, -0.15) is 4.98 Å². The van der Waals surface area contributed by atoms with Crippen LogP contribution in [0.1, 0.15) is 6.92 Å². The van der Waals surface area contributed by atoms with Crippen molar-refractivity contribution in [1.29, 1.82) is 0 Å². The molecule has 13 heavy (non-hydrogen) atoms. The van der Waals surface area contributed by atoms with E-state index in [9.17, 15) is 0 Å². The number of hydrogen-bond acceptors (Lipinski definition) is 3. The van der Waals surface area contributed by atoms with E-state index in [4.69, 9.17) is 23.2 Å². The highest BCUT2D eigenvalue weighted by atomic mass is 35.5. The summed E-state index contributed by atoms with van der Waals surface area (Å²) >= 11 is 11.4. The van der Waals surface area contributed by atoms with Gasteiger partial charge in [0.05, 0.1) is 6.20 Å². The van der Waals surface area contributed by atoms with Gasteiger partial charge in [0.1, 0.15) is 10.8 Å². The first-order valence-corrected chi connectivity index (χ1v) is 4.41. The molecular weight excluding hydrogens is 209 g/mol. The number of nitrogens with zero attached hydrogens (tertiary/aromatic N) is 2. The number of rotatable bonds is 3. The van der Waals surface area contributed by atoms with Crippen molar-refractivity contribution in [1.82, 2.24) is 9.97 Å². The van der Waals surface area contributed by atoms with Crippen molar-refractivity contribution in [3.05, 3.63) is 28.7 Å². The average Bonchev–Trinajstić information content (AvgIpc) is 2.06. The first kappa shape index (κ1) is 10.3. The van der Waals surface area contributed by atoms with Crippen LogP contribution in [0.3, 0.4) is 0 Å². The topological polar surface area (TPSA) is 37.8 Å². The standard InChI is InChI=1S/C8H9Cl2N3/c1-5(2)3-11-7-6(9)4-12-8(10)13-7/h4H,1,3H2,2H3,(H,11,12,13). The molecule has 0 radical (unpaired) electrons. The Kier molecular flexibility index (Phi) is 3.51. The molecule has 1 aromatic rings. The molecule has 0 saturated carbocycles. The molecule has 0 fully saturated rings. The van der Waals surface area contributed by atoms with Gasteiger partial charge in [-0.3, -0.25) is 0 Å². The fraction of sp³-hybridized carbons (Fsp3) is 0.250. The van der Waals surface area contributed by atoms with E-state index in [1.165, 1.54) is 6.20 Å². The first-order chi connectivity index (χ1) is 6.09. The van der Waals surface area contributed by atoms with Crippen molar-refractivity contribution >= 4 is 29.0 Å². The van der Waals surface area contributed by atoms with Crippen LogP contribution in [-0.2, 0) is 0 Å². The highest BCUT2D eigenvalue weighted by Crippen LogP contribution is 2.19. The average molecular weight is 218 g/mol. The lowest BCUT2D eigenvalue weighted by Gasteiger charge is -2.05. The Morgan fingerprint density at radius 1 is 1.62 bits per heavy atom. The van der Waals surface area contributed by atoms with E-state index in [1.54, 1.807) is 0 Å². The molecule has 1 rings (SSSR count).